The van der Waals surface area contributed by atoms with Gasteiger partial charge in [-0.05, 0) is 19.9 Å². The molecule has 6 nitrogen and oxygen atoms in total. The minimum absolute atomic E-state index is 0.299. The van der Waals surface area contributed by atoms with Crippen molar-refractivity contribution in [1.82, 2.24) is 5.32 Å². The van der Waals surface area contributed by atoms with Gasteiger partial charge >= 0.3 is 0 Å². The maximum absolute atomic E-state index is 9.74. The van der Waals surface area contributed by atoms with Gasteiger partial charge in [-0.25, -0.2) is 0 Å². The maximum Gasteiger partial charge on any atom is 0.177 e. The summed E-state index contributed by atoms with van der Waals surface area (Å²) in [5, 5.41) is 18.3. The Morgan fingerprint density at radius 1 is 1.69 bits per heavy atom. The monoisotopic (exact) mass is 187 g/mol. The fourth-order valence-corrected chi connectivity index (χ4v) is 0.798. The minimum atomic E-state index is -0.798. The smallest absolute Gasteiger partial charge is 0.177 e. The van der Waals surface area contributed by atoms with E-state index in [0.717, 1.165) is 19.4 Å². The van der Waals surface area contributed by atoms with Crippen LogP contribution >= 0.6 is 0 Å². The zero-order chi connectivity index (χ0) is 10.1. The van der Waals surface area contributed by atoms with E-state index in [4.69, 9.17) is 0 Å². The molecule has 0 amide bonds. The Kier molecular flexibility index (Phi) is 6.99. The van der Waals surface area contributed by atoms with Crippen LogP contribution in [-0.4, -0.2) is 24.2 Å². The van der Waals surface area contributed by atoms with Crippen molar-refractivity contribution in [2.75, 3.05) is 13.1 Å². The molecule has 1 atom stereocenters. The molecule has 0 saturated heterocycles. The lowest BCUT2D eigenvalue weighted by atomic mass is 10.2. The molecule has 1 unspecified atom stereocenters. The van der Waals surface area contributed by atoms with Gasteiger partial charge in [0.15, 0.2) is 11.8 Å². The Bertz CT molecular complexity index is 172. The highest BCUT2D eigenvalue weighted by Crippen LogP contribution is 1.91. The zero-order valence-electron chi connectivity index (χ0n) is 7.77. The molecule has 0 aliphatic heterocycles. The van der Waals surface area contributed by atoms with E-state index < -0.39 is 5.03 Å². The molecular weight excluding hydrogens is 172 g/mol. The quantitative estimate of drug-likeness (QED) is 0.369. The van der Waals surface area contributed by atoms with Crippen LogP contribution in [0.5, 0.6) is 0 Å². The molecule has 1 N–H and O–H groups in total. The topological polar surface area (TPSA) is 79.9 Å². The Morgan fingerprint density at radius 3 is 2.92 bits per heavy atom. The molecule has 0 aliphatic carbocycles. The number of nitrogens with one attached hydrogen (secondary N) is 1. The van der Waals surface area contributed by atoms with E-state index in [9.17, 15) is 10.1 Å². The number of hydrogen-bond donors (Lipinski definition) is 1. The van der Waals surface area contributed by atoms with Crippen molar-refractivity contribution < 1.29 is 5.03 Å². The van der Waals surface area contributed by atoms with Crippen LogP contribution in [0.1, 0.15) is 19.8 Å². The molecule has 75 valence electrons. The largest absolute Gasteiger partial charge is 0.337 e. The van der Waals surface area contributed by atoms with Crippen LogP contribution in [0.25, 0.3) is 0 Å². The second-order valence-corrected chi connectivity index (χ2v) is 2.69. The second kappa shape index (κ2) is 7.60. The lowest BCUT2D eigenvalue weighted by Gasteiger charge is -2.08. The Hall–Kier alpha value is -1.04. The average molecular weight is 187 g/mol. The summed E-state index contributed by atoms with van der Waals surface area (Å²) in [4.78, 5) is 9.74. The first-order valence-corrected chi connectivity index (χ1v) is 4.21. The fraction of sp³-hybridized carbons (Fsp3) is 0.857. The normalized spacial score (nSPS) is 13.4. The highest BCUT2D eigenvalue weighted by Gasteiger charge is 2.01. The molecule has 0 aromatic heterocycles. The van der Waals surface area contributed by atoms with Gasteiger partial charge in [-0.1, -0.05) is 6.92 Å². The van der Waals surface area contributed by atoms with Crippen LogP contribution in [0.15, 0.2) is 10.3 Å². The molecular formula is C7H15N4O2. The Balaban J connectivity index is 3.36. The van der Waals surface area contributed by atoms with Crippen LogP contribution in [0.2, 0.25) is 0 Å². The Labute approximate surface area is 77.5 Å². The molecule has 0 aromatic rings. The van der Waals surface area contributed by atoms with Gasteiger partial charge in [0.25, 0.3) is 0 Å². The predicted molar refractivity (Wildman–Crippen MR) is 48.8 cm³/mol. The van der Waals surface area contributed by atoms with E-state index in [1.165, 1.54) is 0 Å². The molecule has 0 saturated carbocycles. The van der Waals surface area contributed by atoms with E-state index in [2.05, 4.69) is 22.6 Å². The van der Waals surface area contributed by atoms with Gasteiger partial charge in [-0.3, -0.25) is 0 Å². The second-order valence-electron chi connectivity index (χ2n) is 2.69. The van der Waals surface area contributed by atoms with E-state index in [0.29, 0.717) is 12.6 Å². The first-order valence-electron chi connectivity index (χ1n) is 4.21. The van der Waals surface area contributed by atoms with E-state index in [1.54, 1.807) is 0 Å². The predicted octanol–water partition coefficient (Wildman–Crippen LogP) is 1.22. The van der Waals surface area contributed by atoms with Gasteiger partial charge in [-0.15, -0.1) is 0 Å². The number of hydrogen-bond acceptors (Lipinski definition) is 4. The summed E-state index contributed by atoms with van der Waals surface area (Å²) in [6.45, 7) is 6.92. The maximum atomic E-state index is 9.74. The van der Waals surface area contributed by atoms with Gasteiger partial charge in [-0.2, -0.15) is 0 Å². The van der Waals surface area contributed by atoms with Crippen molar-refractivity contribution in [1.29, 1.82) is 0 Å². The summed E-state index contributed by atoms with van der Waals surface area (Å²) in [5.41, 5.74) is 0. The lowest BCUT2D eigenvalue weighted by molar-refractivity contribution is -0.494. The van der Waals surface area contributed by atoms with Crippen LogP contribution < -0.4 is 5.32 Å². The van der Waals surface area contributed by atoms with Gasteiger partial charge < -0.3 is 15.4 Å². The van der Waals surface area contributed by atoms with Crippen molar-refractivity contribution in [3.8, 4) is 0 Å². The molecule has 1 radical (unpaired) electrons. The van der Waals surface area contributed by atoms with Crippen LogP contribution in [0.3, 0.4) is 0 Å². The van der Waals surface area contributed by atoms with Crippen molar-refractivity contribution in [3.63, 3.8) is 0 Å². The van der Waals surface area contributed by atoms with Crippen molar-refractivity contribution >= 4 is 0 Å². The van der Waals surface area contributed by atoms with Gasteiger partial charge in [0.05, 0.1) is 5.03 Å². The SMILES string of the molecule is [CH2]CCNC(C)CCN=N[N+](=O)[O-]. The number of nitro groups is 1. The van der Waals surface area contributed by atoms with E-state index in [-0.39, 0.29) is 0 Å². The molecule has 0 heterocycles. The van der Waals surface area contributed by atoms with Gasteiger partial charge in [0.2, 0.25) is 0 Å². The summed E-state index contributed by atoms with van der Waals surface area (Å²) in [6.07, 6.45) is 1.58. The zero-order valence-corrected chi connectivity index (χ0v) is 7.77. The highest BCUT2D eigenvalue weighted by molar-refractivity contribution is 4.61. The van der Waals surface area contributed by atoms with Crippen LogP contribution in [0.4, 0.5) is 0 Å². The fourth-order valence-electron chi connectivity index (χ4n) is 0.798. The van der Waals surface area contributed by atoms with Gasteiger partial charge in [0, 0.05) is 17.6 Å². The lowest BCUT2D eigenvalue weighted by Crippen LogP contribution is -2.27. The summed E-state index contributed by atoms with van der Waals surface area (Å²) in [5.74, 6) is 0. The van der Waals surface area contributed by atoms with E-state index >= 15 is 0 Å². The molecule has 0 aliphatic rings. The third-order valence-electron chi connectivity index (χ3n) is 1.47. The number of rotatable bonds is 7. The van der Waals surface area contributed by atoms with Crippen LogP contribution in [0, 0.1) is 17.0 Å². The minimum Gasteiger partial charge on any atom is -0.337 e. The highest BCUT2D eigenvalue weighted by atomic mass is 16.7. The third kappa shape index (κ3) is 8.87. The number of nitrogens with zero attached hydrogens (tertiary/aromatic N) is 3. The molecule has 0 bridgehead atoms. The first-order chi connectivity index (χ1) is 6.16. The molecule has 6 heteroatoms. The van der Waals surface area contributed by atoms with E-state index in [1.807, 2.05) is 6.92 Å². The van der Waals surface area contributed by atoms with Crippen molar-refractivity contribution in [2.24, 2.45) is 10.3 Å². The van der Waals surface area contributed by atoms with Crippen molar-refractivity contribution in [3.05, 3.63) is 17.0 Å². The molecule has 0 fully saturated rings. The van der Waals surface area contributed by atoms with Crippen molar-refractivity contribution in [2.45, 2.75) is 25.8 Å². The first kappa shape index (κ1) is 12.0. The average Bonchev–Trinajstić information content (AvgIpc) is 2.08. The summed E-state index contributed by atoms with van der Waals surface area (Å²) in [6, 6.07) is 0.299. The van der Waals surface area contributed by atoms with Gasteiger partial charge in [0.1, 0.15) is 0 Å². The molecule has 13 heavy (non-hydrogen) atoms. The molecule has 0 aromatic carbocycles. The summed E-state index contributed by atoms with van der Waals surface area (Å²) >= 11 is 0. The Morgan fingerprint density at radius 2 is 2.38 bits per heavy atom. The molecule has 0 rings (SSSR count). The summed E-state index contributed by atoms with van der Waals surface area (Å²) in [7, 11) is 0. The third-order valence-corrected chi connectivity index (χ3v) is 1.47. The standard InChI is InChI=1S/C7H15N4O2/c1-3-5-8-7(2)4-6-9-10-11(12)13/h7-8H,1,3-6H2,2H3. The van der Waals surface area contributed by atoms with Crippen LogP contribution in [-0.2, 0) is 0 Å². The summed E-state index contributed by atoms with van der Waals surface area (Å²) < 4.78 is 0. The molecule has 0 spiro atoms.